The number of likely N-dealkylation sites (N-methyl/N-ethyl adjacent to an activating group) is 1. The zero-order chi connectivity index (χ0) is 15.5. The van der Waals surface area contributed by atoms with Gasteiger partial charge >= 0.3 is 6.03 Å². The van der Waals surface area contributed by atoms with Crippen molar-refractivity contribution >= 4 is 24.0 Å². The number of nitrogens with one attached hydrogen (secondary N) is 3. The summed E-state index contributed by atoms with van der Waals surface area (Å²) in [5.74, 6) is 0.155. The number of imide groups is 1. The summed E-state index contributed by atoms with van der Waals surface area (Å²) in [7, 11) is 1.97. The van der Waals surface area contributed by atoms with Crippen LogP contribution >= 0.6 is 0 Å². The summed E-state index contributed by atoms with van der Waals surface area (Å²) in [6.07, 6.45) is 5.41. The normalized spacial score (nSPS) is 23.3. The fraction of sp³-hybridized carbons (Fsp3) is 0.429. The van der Waals surface area contributed by atoms with Crippen LogP contribution in [-0.4, -0.2) is 48.1 Å². The summed E-state index contributed by atoms with van der Waals surface area (Å²) in [6, 6.07) is 1.53. The summed E-state index contributed by atoms with van der Waals surface area (Å²) in [6.45, 7) is 1.95. The first-order valence-electron chi connectivity index (χ1n) is 7.24. The minimum absolute atomic E-state index is 0.191. The predicted molar refractivity (Wildman–Crippen MR) is 81.0 cm³/mol. The molecule has 0 aliphatic carbocycles. The van der Waals surface area contributed by atoms with Gasteiger partial charge in [-0.25, -0.2) is 14.8 Å². The van der Waals surface area contributed by atoms with E-state index >= 15 is 0 Å². The van der Waals surface area contributed by atoms with Crippen LogP contribution in [0.3, 0.4) is 0 Å². The molecule has 0 aromatic carbocycles. The van der Waals surface area contributed by atoms with Crippen LogP contribution in [0.15, 0.2) is 18.0 Å². The monoisotopic (exact) mass is 302 g/mol. The van der Waals surface area contributed by atoms with Crippen molar-refractivity contribution < 1.29 is 9.59 Å². The van der Waals surface area contributed by atoms with Crippen LogP contribution in [0.25, 0.3) is 6.08 Å². The molecule has 3 heterocycles. The Morgan fingerprint density at radius 2 is 2.23 bits per heavy atom. The SMILES string of the molecule is CN(c1nccc(C=C2NC(=O)NC2=O)n1)[C@H]1CCCNC1. The molecule has 3 amide bonds. The summed E-state index contributed by atoms with van der Waals surface area (Å²) in [5, 5.41) is 7.96. The lowest BCUT2D eigenvalue weighted by atomic mass is 10.1. The van der Waals surface area contributed by atoms with E-state index < -0.39 is 11.9 Å². The number of urea groups is 1. The Morgan fingerprint density at radius 3 is 2.91 bits per heavy atom. The molecule has 1 aromatic rings. The maximum atomic E-state index is 11.5. The first-order chi connectivity index (χ1) is 10.6. The number of anilines is 1. The number of aromatic nitrogens is 2. The Morgan fingerprint density at radius 1 is 1.36 bits per heavy atom. The van der Waals surface area contributed by atoms with E-state index in [-0.39, 0.29) is 5.70 Å². The average Bonchev–Trinajstić information content (AvgIpc) is 2.85. The van der Waals surface area contributed by atoms with Gasteiger partial charge in [0.2, 0.25) is 5.95 Å². The zero-order valence-electron chi connectivity index (χ0n) is 12.3. The highest BCUT2D eigenvalue weighted by molar-refractivity contribution is 6.13. The summed E-state index contributed by atoms with van der Waals surface area (Å²) < 4.78 is 0. The maximum absolute atomic E-state index is 11.5. The van der Waals surface area contributed by atoms with Crippen LogP contribution in [0.1, 0.15) is 18.5 Å². The fourth-order valence-corrected chi connectivity index (χ4v) is 2.57. The Labute approximate surface area is 128 Å². The predicted octanol–water partition coefficient (Wildman–Crippen LogP) is -0.155. The van der Waals surface area contributed by atoms with E-state index in [0.29, 0.717) is 17.7 Å². The third kappa shape index (κ3) is 3.06. The first-order valence-corrected chi connectivity index (χ1v) is 7.24. The van der Waals surface area contributed by atoms with Gasteiger partial charge in [-0.2, -0.15) is 0 Å². The molecular formula is C14H18N6O2. The minimum atomic E-state index is -0.518. The quantitative estimate of drug-likeness (QED) is 0.530. The number of rotatable bonds is 3. The molecule has 0 radical (unpaired) electrons. The zero-order valence-corrected chi connectivity index (χ0v) is 12.3. The highest BCUT2D eigenvalue weighted by Gasteiger charge is 2.23. The van der Waals surface area contributed by atoms with Crippen LogP contribution in [0, 0.1) is 0 Å². The third-order valence-electron chi connectivity index (χ3n) is 3.81. The molecule has 116 valence electrons. The Balaban J connectivity index is 1.79. The lowest BCUT2D eigenvalue weighted by Gasteiger charge is -2.31. The molecule has 0 bridgehead atoms. The van der Waals surface area contributed by atoms with Crippen LogP contribution < -0.4 is 20.9 Å². The number of amides is 3. The molecule has 2 aliphatic rings. The third-order valence-corrected chi connectivity index (χ3v) is 3.81. The number of hydrogen-bond donors (Lipinski definition) is 3. The molecule has 8 heteroatoms. The lowest BCUT2D eigenvalue weighted by molar-refractivity contribution is -0.115. The average molecular weight is 302 g/mol. The Hall–Kier alpha value is -2.48. The number of piperidine rings is 1. The van der Waals surface area contributed by atoms with E-state index in [0.717, 1.165) is 25.9 Å². The van der Waals surface area contributed by atoms with E-state index in [1.54, 1.807) is 18.3 Å². The van der Waals surface area contributed by atoms with E-state index in [2.05, 4.69) is 25.9 Å². The number of hydrogen-bond acceptors (Lipinski definition) is 6. The van der Waals surface area contributed by atoms with Crippen molar-refractivity contribution in [2.75, 3.05) is 25.0 Å². The van der Waals surface area contributed by atoms with Gasteiger partial charge in [-0.05, 0) is 31.5 Å². The molecule has 0 unspecified atom stereocenters. The molecule has 1 aromatic heterocycles. The number of carbonyl (C=O) groups excluding carboxylic acids is 2. The molecule has 22 heavy (non-hydrogen) atoms. The maximum Gasteiger partial charge on any atom is 0.326 e. The summed E-state index contributed by atoms with van der Waals surface area (Å²) in [4.78, 5) is 33.4. The van der Waals surface area contributed by atoms with E-state index in [4.69, 9.17) is 0 Å². The van der Waals surface area contributed by atoms with Crippen molar-refractivity contribution in [1.29, 1.82) is 0 Å². The van der Waals surface area contributed by atoms with Gasteiger partial charge in [0.25, 0.3) is 5.91 Å². The van der Waals surface area contributed by atoms with Crippen molar-refractivity contribution in [3.8, 4) is 0 Å². The van der Waals surface area contributed by atoms with Crippen LogP contribution in [-0.2, 0) is 4.79 Å². The second-order valence-corrected chi connectivity index (χ2v) is 5.36. The van der Waals surface area contributed by atoms with E-state index in [9.17, 15) is 9.59 Å². The Bertz CT molecular complexity index is 624. The fourth-order valence-electron chi connectivity index (χ4n) is 2.57. The van der Waals surface area contributed by atoms with E-state index in [1.807, 2.05) is 11.9 Å². The van der Waals surface area contributed by atoms with Gasteiger partial charge in [0.05, 0.1) is 5.69 Å². The second kappa shape index (κ2) is 6.10. The van der Waals surface area contributed by atoms with Gasteiger partial charge in [0.1, 0.15) is 5.70 Å². The van der Waals surface area contributed by atoms with Gasteiger partial charge in [-0.3, -0.25) is 10.1 Å². The second-order valence-electron chi connectivity index (χ2n) is 5.36. The van der Waals surface area contributed by atoms with Crippen LogP contribution in [0.2, 0.25) is 0 Å². The summed E-state index contributed by atoms with van der Waals surface area (Å²) in [5.41, 5.74) is 0.768. The molecule has 2 saturated heterocycles. The van der Waals surface area contributed by atoms with Crippen molar-refractivity contribution in [2.24, 2.45) is 0 Å². The molecule has 0 spiro atoms. The largest absolute Gasteiger partial charge is 0.340 e. The van der Waals surface area contributed by atoms with Gasteiger partial charge in [-0.1, -0.05) is 0 Å². The minimum Gasteiger partial charge on any atom is -0.340 e. The smallest absolute Gasteiger partial charge is 0.326 e. The van der Waals surface area contributed by atoms with Gasteiger partial charge in [-0.15, -0.1) is 0 Å². The molecule has 3 rings (SSSR count). The first kappa shape index (κ1) is 14.5. The Kier molecular flexibility index (Phi) is 4.01. The topological polar surface area (TPSA) is 99.3 Å². The molecule has 8 nitrogen and oxygen atoms in total. The van der Waals surface area contributed by atoms with Crippen molar-refractivity contribution in [3.05, 3.63) is 23.7 Å². The highest BCUT2D eigenvalue weighted by Crippen LogP contribution is 2.16. The molecule has 2 aliphatic heterocycles. The standard InChI is InChI=1S/C14H18N6O2/c1-20(10-3-2-5-15-8-10)13-16-6-4-9(17-13)7-11-12(21)19-14(22)18-11/h4,6-7,10,15H,2-3,5,8H2,1H3,(H2,18,19,21,22)/t10-/m0/s1. The van der Waals surface area contributed by atoms with Crippen LogP contribution in [0.4, 0.5) is 10.7 Å². The van der Waals surface area contributed by atoms with Crippen molar-refractivity contribution in [2.45, 2.75) is 18.9 Å². The van der Waals surface area contributed by atoms with Crippen LogP contribution in [0.5, 0.6) is 0 Å². The van der Waals surface area contributed by atoms with Gasteiger partial charge in [0, 0.05) is 25.8 Å². The van der Waals surface area contributed by atoms with Crippen molar-refractivity contribution in [3.63, 3.8) is 0 Å². The highest BCUT2D eigenvalue weighted by atomic mass is 16.2. The molecule has 3 N–H and O–H groups in total. The van der Waals surface area contributed by atoms with E-state index in [1.165, 1.54) is 0 Å². The number of nitrogens with zero attached hydrogens (tertiary/aromatic N) is 3. The molecule has 1 atom stereocenters. The summed E-state index contributed by atoms with van der Waals surface area (Å²) >= 11 is 0. The van der Waals surface area contributed by atoms with Gasteiger partial charge in [0.15, 0.2) is 0 Å². The van der Waals surface area contributed by atoms with Gasteiger partial charge < -0.3 is 15.5 Å². The lowest BCUT2D eigenvalue weighted by Crippen LogP contribution is -2.44. The number of carbonyl (C=O) groups is 2. The molecular weight excluding hydrogens is 284 g/mol. The van der Waals surface area contributed by atoms with Crippen molar-refractivity contribution in [1.82, 2.24) is 25.9 Å². The molecule has 0 saturated carbocycles. The molecule has 2 fully saturated rings.